The van der Waals surface area contributed by atoms with Crippen molar-refractivity contribution in [3.63, 3.8) is 0 Å². The van der Waals surface area contributed by atoms with Gasteiger partial charge in [0.25, 0.3) is 5.89 Å². The number of aromatic nitrogens is 4. The summed E-state index contributed by atoms with van der Waals surface area (Å²) in [5.74, 6) is -0.828. The first-order chi connectivity index (χ1) is 9.65. The fourth-order valence-electron chi connectivity index (χ4n) is 1.60. The molecule has 20 heavy (non-hydrogen) atoms. The van der Waals surface area contributed by atoms with Crippen LogP contribution in [0, 0.1) is 5.82 Å². The van der Waals surface area contributed by atoms with Gasteiger partial charge >= 0.3 is 0 Å². The Morgan fingerprint density at radius 1 is 1.20 bits per heavy atom. The third kappa shape index (κ3) is 2.03. The zero-order valence-corrected chi connectivity index (χ0v) is 9.99. The molecule has 7 nitrogen and oxygen atoms in total. The molecule has 0 saturated heterocycles. The van der Waals surface area contributed by atoms with E-state index in [0.717, 1.165) is 6.07 Å². The fourth-order valence-corrected chi connectivity index (χ4v) is 1.60. The highest BCUT2D eigenvalue weighted by Gasteiger charge is 2.15. The minimum Gasteiger partial charge on any atom is -0.505 e. The maximum atomic E-state index is 13.3. The summed E-state index contributed by atoms with van der Waals surface area (Å²) < 4.78 is 18.3. The zero-order chi connectivity index (χ0) is 14.1. The van der Waals surface area contributed by atoms with Crippen molar-refractivity contribution in [1.29, 1.82) is 0 Å². The quantitative estimate of drug-likeness (QED) is 0.729. The lowest BCUT2D eigenvalue weighted by Crippen LogP contribution is -1.96. The molecule has 0 radical (unpaired) electrons. The van der Waals surface area contributed by atoms with Crippen molar-refractivity contribution >= 4 is 5.82 Å². The molecule has 2 heterocycles. The normalized spacial score (nSPS) is 10.7. The predicted octanol–water partition coefficient (Wildman–Crippen LogP) is 1.62. The molecule has 2 aromatic heterocycles. The van der Waals surface area contributed by atoms with Gasteiger partial charge in [-0.05, 0) is 18.2 Å². The lowest BCUT2D eigenvalue weighted by Gasteiger charge is -1.97. The van der Waals surface area contributed by atoms with E-state index >= 15 is 0 Å². The number of benzene rings is 1. The SMILES string of the molecule is Nc1nccnc1-c1nc(-c2ccc(O)c(F)c2)no1. The highest BCUT2D eigenvalue weighted by Crippen LogP contribution is 2.26. The van der Waals surface area contributed by atoms with E-state index in [-0.39, 0.29) is 23.2 Å². The molecule has 1 aromatic carbocycles. The number of halogens is 1. The molecule has 3 rings (SSSR count). The van der Waals surface area contributed by atoms with Crippen molar-refractivity contribution in [3.8, 4) is 28.7 Å². The number of nitrogen functional groups attached to an aromatic ring is 1. The lowest BCUT2D eigenvalue weighted by atomic mass is 10.2. The number of phenols is 1. The van der Waals surface area contributed by atoms with E-state index in [2.05, 4.69) is 20.1 Å². The first-order valence-electron chi connectivity index (χ1n) is 5.54. The molecular formula is C12H8FN5O2. The van der Waals surface area contributed by atoms with Crippen LogP contribution in [0.3, 0.4) is 0 Å². The number of anilines is 1. The Morgan fingerprint density at radius 3 is 2.75 bits per heavy atom. The Morgan fingerprint density at radius 2 is 2.00 bits per heavy atom. The molecule has 8 heteroatoms. The lowest BCUT2D eigenvalue weighted by molar-refractivity contribution is 0.429. The largest absolute Gasteiger partial charge is 0.505 e. The van der Waals surface area contributed by atoms with Crippen LogP contribution < -0.4 is 5.73 Å². The summed E-state index contributed by atoms with van der Waals surface area (Å²) in [4.78, 5) is 11.9. The van der Waals surface area contributed by atoms with Crippen LogP contribution in [0.1, 0.15) is 0 Å². The summed E-state index contributed by atoms with van der Waals surface area (Å²) >= 11 is 0. The van der Waals surface area contributed by atoms with Crippen LogP contribution in [0.25, 0.3) is 23.0 Å². The number of nitrogens with zero attached hydrogens (tertiary/aromatic N) is 4. The average Bonchev–Trinajstić information content (AvgIpc) is 2.92. The molecule has 0 aliphatic rings. The van der Waals surface area contributed by atoms with Crippen LogP contribution in [-0.2, 0) is 0 Å². The molecule has 0 saturated carbocycles. The third-order valence-corrected chi connectivity index (χ3v) is 2.56. The van der Waals surface area contributed by atoms with Crippen molar-refractivity contribution < 1.29 is 14.0 Å². The maximum absolute atomic E-state index is 13.3. The van der Waals surface area contributed by atoms with Gasteiger partial charge in [0.2, 0.25) is 5.82 Å². The van der Waals surface area contributed by atoms with Crippen molar-refractivity contribution in [2.75, 3.05) is 5.73 Å². The van der Waals surface area contributed by atoms with Gasteiger partial charge in [-0.2, -0.15) is 4.98 Å². The highest BCUT2D eigenvalue weighted by molar-refractivity contribution is 5.64. The summed E-state index contributed by atoms with van der Waals surface area (Å²) in [6.45, 7) is 0. The first-order valence-corrected chi connectivity index (χ1v) is 5.54. The van der Waals surface area contributed by atoms with Crippen molar-refractivity contribution in [2.24, 2.45) is 0 Å². The Labute approximate surface area is 111 Å². The fraction of sp³-hybridized carbons (Fsp3) is 0. The molecule has 0 aliphatic carbocycles. The molecule has 0 atom stereocenters. The number of hydrogen-bond donors (Lipinski definition) is 2. The molecule has 3 aromatic rings. The van der Waals surface area contributed by atoms with Gasteiger partial charge in [0, 0.05) is 18.0 Å². The van der Waals surface area contributed by atoms with Gasteiger partial charge in [-0.1, -0.05) is 5.16 Å². The number of hydrogen-bond acceptors (Lipinski definition) is 7. The van der Waals surface area contributed by atoms with Crippen molar-refractivity contribution in [3.05, 3.63) is 36.4 Å². The van der Waals surface area contributed by atoms with E-state index in [1.165, 1.54) is 24.5 Å². The minimum absolute atomic E-state index is 0.0825. The monoisotopic (exact) mass is 273 g/mol. The second kappa shape index (κ2) is 4.57. The summed E-state index contributed by atoms with van der Waals surface area (Å²) in [5.41, 5.74) is 6.26. The maximum Gasteiger partial charge on any atom is 0.280 e. The van der Waals surface area contributed by atoms with E-state index in [9.17, 15) is 4.39 Å². The second-order valence-corrected chi connectivity index (χ2v) is 3.88. The Kier molecular flexibility index (Phi) is 2.75. The van der Waals surface area contributed by atoms with E-state index in [1.54, 1.807) is 0 Å². The van der Waals surface area contributed by atoms with Gasteiger partial charge in [-0.25, -0.2) is 14.4 Å². The minimum atomic E-state index is -0.770. The molecule has 0 spiro atoms. The van der Waals surface area contributed by atoms with E-state index in [1.807, 2.05) is 0 Å². The standard InChI is InChI=1S/C12H8FN5O2/c13-7-5-6(1-2-8(7)19)11-17-12(20-18-11)9-10(14)16-4-3-15-9/h1-5,19H,(H2,14,16). The summed E-state index contributed by atoms with van der Waals surface area (Å²) in [6, 6.07) is 3.77. The zero-order valence-electron chi connectivity index (χ0n) is 9.99. The second-order valence-electron chi connectivity index (χ2n) is 3.88. The van der Waals surface area contributed by atoms with E-state index < -0.39 is 11.6 Å². The molecule has 0 bridgehead atoms. The topological polar surface area (TPSA) is 111 Å². The van der Waals surface area contributed by atoms with Gasteiger partial charge in [0.1, 0.15) is 0 Å². The molecule has 3 N–H and O–H groups in total. The van der Waals surface area contributed by atoms with Crippen LogP contribution in [0.4, 0.5) is 10.2 Å². The van der Waals surface area contributed by atoms with Crippen molar-refractivity contribution in [1.82, 2.24) is 20.1 Å². The van der Waals surface area contributed by atoms with Crippen LogP contribution >= 0.6 is 0 Å². The van der Waals surface area contributed by atoms with Crippen molar-refractivity contribution in [2.45, 2.75) is 0 Å². The van der Waals surface area contributed by atoms with Gasteiger partial charge in [-0.3, -0.25) is 0 Å². The smallest absolute Gasteiger partial charge is 0.280 e. The highest BCUT2D eigenvalue weighted by atomic mass is 19.1. The Bertz CT molecular complexity index is 774. The Balaban J connectivity index is 2.02. The van der Waals surface area contributed by atoms with Crippen LogP contribution in [0.5, 0.6) is 5.75 Å². The molecule has 0 unspecified atom stereocenters. The molecule has 0 fully saturated rings. The predicted molar refractivity (Wildman–Crippen MR) is 66.8 cm³/mol. The van der Waals surface area contributed by atoms with Gasteiger partial charge in [0.05, 0.1) is 0 Å². The van der Waals surface area contributed by atoms with Crippen LogP contribution in [0.15, 0.2) is 35.1 Å². The number of aromatic hydroxyl groups is 1. The number of rotatable bonds is 2. The van der Waals surface area contributed by atoms with Crippen LogP contribution in [0.2, 0.25) is 0 Å². The van der Waals surface area contributed by atoms with Crippen LogP contribution in [-0.4, -0.2) is 25.2 Å². The van der Waals surface area contributed by atoms with E-state index in [0.29, 0.717) is 5.56 Å². The summed E-state index contributed by atoms with van der Waals surface area (Å²) in [6.07, 6.45) is 2.88. The van der Waals surface area contributed by atoms with Gasteiger partial charge in [0.15, 0.2) is 23.1 Å². The summed E-state index contributed by atoms with van der Waals surface area (Å²) in [7, 11) is 0. The van der Waals surface area contributed by atoms with Gasteiger partial charge < -0.3 is 15.4 Å². The first kappa shape index (κ1) is 12.0. The molecule has 0 amide bonds. The average molecular weight is 273 g/mol. The molecule has 0 aliphatic heterocycles. The van der Waals surface area contributed by atoms with E-state index in [4.69, 9.17) is 15.4 Å². The number of phenolic OH excluding ortho intramolecular Hbond substituents is 1. The summed E-state index contributed by atoms with van der Waals surface area (Å²) in [5, 5.41) is 12.9. The van der Waals surface area contributed by atoms with Gasteiger partial charge in [-0.15, -0.1) is 0 Å². The Hall–Kier alpha value is -3.03. The number of nitrogens with two attached hydrogens (primary N) is 1. The molecule has 100 valence electrons. The molecular weight excluding hydrogens is 265 g/mol. The third-order valence-electron chi connectivity index (χ3n) is 2.56.